The molecule has 0 saturated heterocycles. The number of anilines is 3. The number of fused-ring (bicyclic) bond motifs is 9. The minimum atomic E-state index is 1.09. The van der Waals surface area contributed by atoms with Gasteiger partial charge in [-0.25, -0.2) is 0 Å². The molecular weight excluding hydrogens is 651 g/mol. The van der Waals surface area contributed by atoms with Crippen molar-refractivity contribution < 1.29 is 0 Å². The van der Waals surface area contributed by atoms with E-state index in [9.17, 15) is 0 Å². The average molecular weight is 682 g/mol. The smallest absolute Gasteiger partial charge is 0.0583 e. The van der Waals surface area contributed by atoms with Crippen LogP contribution in [-0.4, -0.2) is 9.13 Å². The molecule has 0 N–H and O–H groups in total. The van der Waals surface area contributed by atoms with Crippen LogP contribution >= 0.6 is 11.3 Å². The van der Waals surface area contributed by atoms with E-state index in [1.165, 1.54) is 58.3 Å². The lowest BCUT2D eigenvalue weighted by Crippen LogP contribution is -2.11. The van der Waals surface area contributed by atoms with Crippen LogP contribution in [0.5, 0.6) is 0 Å². The summed E-state index contributed by atoms with van der Waals surface area (Å²) >= 11 is 1.86. The molecule has 0 radical (unpaired) electrons. The number of hydrogen-bond acceptors (Lipinski definition) is 2. The topological polar surface area (TPSA) is 13.1 Å². The molecule has 11 rings (SSSR count). The SMILES string of the molecule is c1ccc(N(c2ccc3c(c2)sc2ccccc23)c2cc(-n3c4ccccc4c4ccccc43)c3c4ccccc4n(-c4ccccc4)c3c2)cc1. The lowest BCUT2D eigenvalue weighted by atomic mass is 10.1. The molecule has 3 heterocycles. The van der Waals surface area contributed by atoms with Crippen LogP contribution in [0.4, 0.5) is 17.1 Å². The second-order valence-electron chi connectivity index (χ2n) is 13.4. The van der Waals surface area contributed by atoms with Crippen molar-refractivity contribution in [3.63, 3.8) is 0 Å². The predicted molar refractivity (Wildman–Crippen MR) is 223 cm³/mol. The van der Waals surface area contributed by atoms with Crippen molar-refractivity contribution in [1.82, 2.24) is 9.13 Å². The minimum absolute atomic E-state index is 1.09. The Balaban J connectivity index is 1.29. The highest BCUT2D eigenvalue weighted by Crippen LogP contribution is 2.46. The molecule has 11 aromatic rings. The Morgan fingerprint density at radius 2 is 0.904 bits per heavy atom. The fourth-order valence-electron chi connectivity index (χ4n) is 8.28. The summed E-state index contributed by atoms with van der Waals surface area (Å²) in [6.45, 7) is 0. The van der Waals surface area contributed by atoms with Gasteiger partial charge in [0.1, 0.15) is 0 Å². The Morgan fingerprint density at radius 3 is 1.62 bits per heavy atom. The first-order valence-electron chi connectivity index (χ1n) is 17.7. The molecule has 0 bridgehead atoms. The summed E-state index contributed by atoms with van der Waals surface area (Å²) < 4.78 is 7.51. The van der Waals surface area contributed by atoms with Gasteiger partial charge in [-0.2, -0.15) is 0 Å². The van der Waals surface area contributed by atoms with Crippen LogP contribution in [0.2, 0.25) is 0 Å². The fourth-order valence-corrected chi connectivity index (χ4v) is 9.42. The molecule has 0 aliphatic rings. The summed E-state index contributed by atoms with van der Waals surface area (Å²) in [7, 11) is 0. The van der Waals surface area contributed by atoms with E-state index in [1.54, 1.807) is 0 Å². The van der Waals surface area contributed by atoms with Gasteiger partial charge >= 0.3 is 0 Å². The second-order valence-corrected chi connectivity index (χ2v) is 14.5. The normalized spacial score (nSPS) is 11.8. The van der Waals surface area contributed by atoms with Crippen molar-refractivity contribution in [2.24, 2.45) is 0 Å². The molecule has 244 valence electrons. The summed E-state index contributed by atoms with van der Waals surface area (Å²) in [5.41, 5.74) is 10.3. The standard InChI is InChI=1S/C48H31N3S/c1-3-15-32(16-4-1)49(34-27-28-39-38-21-10-14-26-46(38)52-47(39)31-34)35-29-44-48(40-22-9-13-25-43(40)50(44)33-17-5-2-6-18-33)45(30-35)51-41-23-11-7-19-36(41)37-20-8-12-24-42(37)51/h1-31H. The number of thiophene rings is 1. The maximum atomic E-state index is 2.48. The molecule has 4 heteroatoms. The second kappa shape index (κ2) is 11.5. The monoisotopic (exact) mass is 681 g/mol. The quantitative estimate of drug-likeness (QED) is 0.176. The van der Waals surface area contributed by atoms with Crippen LogP contribution in [0.15, 0.2) is 188 Å². The van der Waals surface area contributed by atoms with E-state index >= 15 is 0 Å². The number of hydrogen-bond donors (Lipinski definition) is 0. The van der Waals surface area contributed by atoms with E-state index in [4.69, 9.17) is 0 Å². The summed E-state index contributed by atoms with van der Waals surface area (Å²) in [6, 6.07) is 68.5. The third-order valence-corrected chi connectivity index (χ3v) is 11.6. The van der Waals surface area contributed by atoms with Crippen molar-refractivity contribution >= 4 is 92.2 Å². The number of nitrogens with zero attached hydrogens (tertiary/aromatic N) is 3. The van der Waals surface area contributed by atoms with Crippen LogP contribution < -0.4 is 4.90 Å². The van der Waals surface area contributed by atoms with E-state index in [-0.39, 0.29) is 0 Å². The summed E-state index contributed by atoms with van der Waals surface area (Å²) in [6.07, 6.45) is 0. The molecule has 0 atom stereocenters. The van der Waals surface area contributed by atoms with Gasteiger partial charge in [0.15, 0.2) is 0 Å². The summed E-state index contributed by atoms with van der Waals surface area (Å²) in [5.74, 6) is 0. The van der Waals surface area contributed by atoms with Crippen molar-refractivity contribution in [3.8, 4) is 11.4 Å². The van der Waals surface area contributed by atoms with Crippen molar-refractivity contribution in [2.75, 3.05) is 4.90 Å². The van der Waals surface area contributed by atoms with Crippen molar-refractivity contribution in [1.29, 1.82) is 0 Å². The van der Waals surface area contributed by atoms with E-state index in [0.717, 1.165) is 34.0 Å². The van der Waals surface area contributed by atoms with E-state index < -0.39 is 0 Å². The van der Waals surface area contributed by atoms with E-state index in [2.05, 4.69) is 202 Å². The zero-order valence-corrected chi connectivity index (χ0v) is 29.0. The Kier molecular flexibility index (Phi) is 6.42. The average Bonchev–Trinajstić information content (AvgIpc) is 3.86. The van der Waals surface area contributed by atoms with Crippen LogP contribution in [0.3, 0.4) is 0 Å². The fraction of sp³-hybridized carbons (Fsp3) is 0. The van der Waals surface area contributed by atoms with Crippen LogP contribution in [0.25, 0.3) is 75.2 Å². The molecular formula is C48H31N3S. The molecule has 0 aliphatic heterocycles. The van der Waals surface area contributed by atoms with Gasteiger partial charge in [-0.15, -0.1) is 11.3 Å². The lowest BCUT2D eigenvalue weighted by molar-refractivity contribution is 1.16. The number of aromatic nitrogens is 2. The molecule has 0 aliphatic carbocycles. The minimum Gasteiger partial charge on any atom is -0.310 e. The molecule has 0 amide bonds. The molecule has 0 spiro atoms. The largest absolute Gasteiger partial charge is 0.310 e. The van der Waals surface area contributed by atoms with Gasteiger partial charge in [0.2, 0.25) is 0 Å². The highest BCUT2D eigenvalue weighted by molar-refractivity contribution is 7.25. The zero-order chi connectivity index (χ0) is 34.2. The van der Waals surface area contributed by atoms with Gasteiger partial charge in [0, 0.05) is 58.8 Å². The van der Waals surface area contributed by atoms with Gasteiger partial charge in [-0.1, -0.05) is 115 Å². The van der Waals surface area contributed by atoms with Crippen molar-refractivity contribution in [2.45, 2.75) is 0 Å². The predicted octanol–water partition coefficient (Wildman–Crippen LogP) is 13.7. The molecule has 52 heavy (non-hydrogen) atoms. The third kappa shape index (κ3) is 4.31. The Labute approximate surface area is 304 Å². The Morgan fingerprint density at radius 1 is 0.346 bits per heavy atom. The van der Waals surface area contributed by atoms with Gasteiger partial charge in [-0.05, 0) is 72.8 Å². The molecule has 3 aromatic heterocycles. The van der Waals surface area contributed by atoms with Crippen LogP contribution in [0, 0.1) is 0 Å². The Bertz CT molecular complexity index is 3080. The van der Waals surface area contributed by atoms with Gasteiger partial charge < -0.3 is 14.0 Å². The molecule has 8 aromatic carbocycles. The molecule has 0 fully saturated rings. The van der Waals surface area contributed by atoms with Gasteiger partial charge in [0.25, 0.3) is 0 Å². The Hall–Kier alpha value is -6.62. The summed E-state index contributed by atoms with van der Waals surface area (Å²) in [5, 5.41) is 7.55. The number of para-hydroxylation sites is 5. The zero-order valence-electron chi connectivity index (χ0n) is 28.1. The van der Waals surface area contributed by atoms with Crippen LogP contribution in [-0.2, 0) is 0 Å². The molecule has 3 nitrogen and oxygen atoms in total. The highest BCUT2D eigenvalue weighted by Gasteiger charge is 2.23. The van der Waals surface area contributed by atoms with E-state index in [1.807, 2.05) is 11.3 Å². The van der Waals surface area contributed by atoms with Gasteiger partial charge in [0.05, 0.1) is 33.4 Å². The third-order valence-electron chi connectivity index (χ3n) is 10.5. The molecule has 0 unspecified atom stereocenters. The first-order chi connectivity index (χ1) is 25.8. The van der Waals surface area contributed by atoms with Gasteiger partial charge in [-0.3, -0.25) is 0 Å². The maximum absolute atomic E-state index is 2.48. The van der Waals surface area contributed by atoms with E-state index in [0.29, 0.717) is 0 Å². The summed E-state index contributed by atoms with van der Waals surface area (Å²) in [4.78, 5) is 2.42. The van der Waals surface area contributed by atoms with Crippen LogP contribution in [0.1, 0.15) is 0 Å². The lowest BCUT2D eigenvalue weighted by Gasteiger charge is -2.27. The first-order valence-corrected chi connectivity index (χ1v) is 18.5. The highest BCUT2D eigenvalue weighted by atomic mass is 32.1. The van der Waals surface area contributed by atoms with Crippen molar-refractivity contribution in [3.05, 3.63) is 188 Å². The number of rotatable bonds is 5. The maximum Gasteiger partial charge on any atom is 0.0583 e. The number of benzene rings is 8. The first kappa shape index (κ1) is 29.1. The molecule has 0 saturated carbocycles.